The molecule has 0 aliphatic rings. The maximum atomic E-state index is 11.4. The van der Waals surface area contributed by atoms with Crippen molar-refractivity contribution in [2.75, 3.05) is 12.3 Å². The van der Waals surface area contributed by atoms with Crippen molar-refractivity contribution in [1.29, 1.82) is 0 Å². The van der Waals surface area contributed by atoms with Crippen LogP contribution in [0.3, 0.4) is 0 Å². The zero-order valence-electron chi connectivity index (χ0n) is 8.91. The molecule has 2 nitrogen and oxygen atoms in total. The van der Waals surface area contributed by atoms with Crippen LogP contribution >= 0.6 is 23.4 Å². The van der Waals surface area contributed by atoms with Crippen molar-refractivity contribution in [1.82, 2.24) is 5.32 Å². The number of thioether (sulfide) groups is 1. The van der Waals surface area contributed by atoms with E-state index in [1.54, 1.807) is 6.08 Å². The first kappa shape index (κ1) is 13.1. The third-order valence-corrected chi connectivity index (χ3v) is 3.12. The Hall–Kier alpha value is -0.930. The van der Waals surface area contributed by atoms with E-state index < -0.39 is 0 Å². The van der Waals surface area contributed by atoms with Crippen LogP contribution in [0.2, 0.25) is 5.02 Å². The number of rotatable bonds is 6. The number of amides is 1. The van der Waals surface area contributed by atoms with Gasteiger partial charge in [0.25, 0.3) is 0 Å². The van der Waals surface area contributed by atoms with Crippen LogP contribution in [0.4, 0.5) is 0 Å². The van der Waals surface area contributed by atoms with Crippen molar-refractivity contribution in [2.24, 2.45) is 0 Å². The lowest BCUT2D eigenvalue weighted by molar-refractivity contribution is -0.118. The first-order chi connectivity index (χ1) is 7.72. The Balaban J connectivity index is 2.26. The molecule has 1 N–H and O–H groups in total. The Bertz CT molecular complexity index is 351. The largest absolute Gasteiger partial charge is 0.355 e. The fraction of sp³-hybridized carbons (Fsp3) is 0.250. The number of benzene rings is 1. The molecule has 86 valence electrons. The number of halogens is 1. The molecule has 0 saturated heterocycles. The molecule has 0 unspecified atom stereocenters. The van der Waals surface area contributed by atoms with Crippen molar-refractivity contribution in [3.8, 4) is 0 Å². The fourth-order valence-electron chi connectivity index (χ4n) is 1.04. The number of hydrogen-bond donors (Lipinski definition) is 1. The summed E-state index contributed by atoms with van der Waals surface area (Å²) in [6, 6.07) is 7.45. The van der Waals surface area contributed by atoms with Gasteiger partial charge in [-0.1, -0.05) is 17.7 Å². The average molecular weight is 256 g/mol. The van der Waals surface area contributed by atoms with Gasteiger partial charge < -0.3 is 5.32 Å². The van der Waals surface area contributed by atoms with Gasteiger partial charge in [-0.2, -0.15) is 0 Å². The maximum Gasteiger partial charge on any atom is 0.230 e. The van der Waals surface area contributed by atoms with Crippen molar-refractivity contribution in [3.05, 3.63) is 41.9 Å². The van der Waals surface area contributed by atoms with Crippen LogP contribution in [-0.2, 0) is 4.79 Å². The predicted octanol–water partition coefficient (Wildman–Crippen LogP) is 3.12. The second-order valence-electron chi connectivity index (χ2n) is 3.17. The Kier molecular flexibility index (Phi) is 6.04. The maximum absolute atomic E-state index is 11.4. The van der Waals surface area contributed by atoms with E-state index in [2.05, 4.69) is 11.9 Å². The minimum atomic E-state index is 0.0433. The molecule has 0 saturated carbocycles. The van der Waals surface area contributed by atoms with E-state index in [4.69, 9.17) is 11.6 Å². The lowest BCUT2D eigenvalue weighted by Crippen LogP contribution is -2.25. The molecule has 0 bridgehead atoms. The van der Waals surface area contributed by atoms with Gasteiger partial charge in [0, 0.05) is 16.5 Å². The molecule has 0 aromatic heterocycles. The van der Waals surface area contributed by atoms with Gasteiger partial charge in [-0.25, -0.2) is 0 Å². The Morgan fingerprint density at radius 2 is 2.12 bits per heavy atom. The molecule has 0 spiro atoms. The topological polar surface area (TPSA) is 29.1 Å². The van der Waals surface area contributed by atoms with Gasteiger partial charge in [-0.3, -0.25) is 4.79 Å². The minimum absolute atomic E-state index is 0.0433. The van der Waals surface area contributed by atoms with Gasteiger partial charge in [0.2, 0.25) is 5.91 Å². The van der Waals surface area contributed by atoms with Crippen LogP contribution < -0.4 is 5.32 Å². The van der Waals surface area contributed by atoms with Crippen molar-refractivity contribution >= 4 is 29.3 Å². The van der Waals surface area contributed by atoms with Crippen molar-refractivity contribution in [2.45, 2.75) is 11.3 Å². The van der Waals surface area contributed by atoms with E-state index in [1.165, 1.54) is 11.8 Å². The second kappa shape index (κ2) is 7.36. The van der Waals surface area contributed by atoms with Crippen molar-refractivity contribution in [3.63, 3.8) is 0 Å². The SMILES string of the molecule is C=CCCNC(=O)CSc1ccc(Cl)cc1. The Morgan fingerprint density at radius 1 is 1.44 bits per heavy atom. The monoisotopic (exact) mass is 255 g/mol. The minimum Gasteiger partial charge on any atom is -0.355 e. The van der Waals surface area contributed by atoms with E-state index >= 15 is 0 Å². The molecule has 0 radical (unpaired) electrons. The zero-order chi connectivity index (χ0) is 11.8. The van der Waals surface area contributed by atoms with E-state index in [0.29, 0.717) is 17.3 Å². The molecule has 0 aliphatic heterocycles. The molecule has 16 heavy (non-hydrogen) atoms. The highest BCUT2D eigenvalue weighted by atomic mass is 35.5. The highest BCUT2D eigenvalue weighted by Crippen LogP contribution is 2.19. The van der Waals surface area contributed by atoms with E-state index in [9.17, 15) is 4.79 Å². The van der Waals surface area contributed by atoms with Gasteiger partial charge in [-0.15, -0.1) is 18.3 Å². The summed E-state index contributed by atoms with van der Waals surface area (Å²) in [7, 11) is 0. The van der Waals surface area contributed by atoms with Gasteiger partial charge in [-0.05, 0) is 30.7 Å². The lowest BCUT2D eigenvalue weighted by Gasteiger charge is -2.03. The summed E-state index contributed by atoms with van der Waals surface area (Å²) in [5.74, 6) is 0.473. The summed E-state index contributed by atoms with van der Waals surface area (Å²) in [5.41, 5.74) is 0. The van der Waals surface area contributed by atoms with Gasteiger partial charge in [0.05, 0.1) is 5.75 Å². The average Bonchev–Trinajstić information content (AvgIpc) is 2.29. The van der Waals surface area contributed by atoms with Crippen LogP contribution in [0.5, 0.6) is 0 Å². The van der Waals surface area contributed by atoms with Crippen molar-refractivity contribution < 1.29 is 4.79 Å². The summed E-state index contributed by atoms with van der Waals surface area (Å²) in [6.07, 6.45) is 2.59. The van der Waals surface area contributed by atoms with Gasteiger partial charge in [0.1, 0.15) is 0 Å². The van der Waals surface area contributed by atoms with Crippen LogP contribution in [0, 0.1) is 0 Å². The van der Waals surface area contributed by atoms with E-state index in [1.807, 2.05) is 24.3 Å². The molecule has 0 aliphatic carbocycles. The van der Waals surface area contributed by atoms with Crippen LogP contribution in [0.25, 0.3) is 0 Å². The molecule has 0 heterocycles. The number of nitrogens with one attached hydrogen (secondary N) is 1. The predicted molar refractivity (Wildman–Crippen MR) is 70.0 cm³/mol. The molecule has 1 aromatic rings. The fourth-order valence-corrected chi connectivity index (χ4v) is 1.90. The number of carbonyl (C=O) groups excluding carboxylic acids is 1. The first-order valence-corrected chi connectivity index (χ1v) is 6.34. The number of hydrogen-bond acceptors (Lipinski definition) is 2. The molecule has 4 heteroatoms. The van der Waals surface area contributed by atoms with E-state index in [-0.39, 0.29) is 5.91 Å². The summed E-state index contributed by atoms with van der Waals surface area (Å²) < 4.78 is 0. The van der Waals surface area contributed by atoms with Gasteiger partial charge >= 0.3 is 0 Å². The smallest absolute Gasteiger partial charge is 0.230 e. The van der Waals surface area contributed by atoms with Gasteiger partial charge in [0.15, 0.2) is 0 Å². The summed E-state index contributed by atoms with van der Waals surface area (Å²) in [4.78, 5) is 12.4. The Labute approximate surface area is 105 Å². The molecule has 0 fully saturated rings. The highest BCUT2D eigenvalue weighted by Gasteiger charge is 2.01. The highest BCUT2D eigenvalue weighted by molar-refractivity contribution is 8.00. The standard InChI is InChI=1S/C12H14ClNOS/c1-2-3-8-14-12(15)9-16-11-6-4-10(13)5-7-11/h2,4-7H,1,3,8-9H2,(H,14,15). The third kappa shape index (κ3) is 5.24. The molecule has 1 aromatic carbocycles. The summed E-state index contributed by atoms with van der Waals surface area (Å²) in [5, 5.41) is 3.52. The van der Waals surface area contributed by atoms with Crippen LogP contribution in [-0.4, -0.2) is 18.2 Å². The third-order valence-electron chi connectivity index (χ3n) is 1.85. The molecular weight excluding hydrogens is 242 g/mol. The first-order valence-electron chi connectivity index (χ1n) is 4.98. The molecular formula is C12H14ClNOS. The van der Waals surface area contributed by atoms with Crippen LogP contribution in [0.15, 0.2) is 41.8 Å². The summed E-state index contributed by atoms with van der Waals surface area (Å²) >= 11 is 7.26. The molecule has 1 amide bonds. The molecule has 1 rings (SSSR count). The Morgan fingerprint density at radius 3 is 2.75 bits per heavy atom. The lowest BCUT2D eigenvalue weighted by atomic mass is 10.4. The molecule has 0 atom stereocenters. The zero-order valence-corrected chi connectivity index (χ0v) is 10.5. The number of carbonyl (C=O) groups is 1. The summed E-state index contributed by atoms with van der Waals surface area (Å²) in [6.45, 7) is 4.25. The van der Waals surface area contributed by atoms with Crippen LogP contribution in [0.1, 0.15) is 6.42 Å². The second-order valence-corrected chi connectivity index (χ2v) is 4.66. The van der Waals surface area contributed by atoms with E-state index in [0.717, 1.165) is 11.3 Å². The quantitative estimate of drug-likeness (QED) is 0.481. The normalized spacial score (nSPS) is 9.81.